The van der Waals surface area contributed by atoms with E-state index in [-0.39, 0.29) is 11.8 Å². The van der Waals surface area contributed by atoms with Gasteiger partial charge in [0.2, 0.25) is 5.89 Å². The predicted octanol–water partition coefficient (Wildman–Crippen LogP) is 3.91. The molecule has 0 radical (unpaired) electrons. The summed E-state index contributed by atoms with van der Waals surface area (Å²) in [7, 11) is 0. The molecular formula is C25H26ClN3O4. The van der Waals surface area contributed by atoms with E-state index in [2.05, 4.69) is 11.9 Å². The van der Waals surface area contributed by atoms with Crippen LogP contribution in [0.15, 0.2) is 40.8 Å². The Bertz CT molecular complexity index is 1230. The number of rotatable bonds is 5. The summed E-state index contributed by atoms with van der Waals surface area (Å²) >= 11 is 6.07. The van der Waals surface area contributed by atoms with E-state index in [4.69, 9.17) is 16.0 Å². The van der Waals surface area contributed by atoms with Crippen LogP contribution in [-0.2, 0) is 11.2 Å². The number of benzene rings is 2. The molecule has 2 fully saturated rings. The minimum absolute atomic E-state index is 0.0551. The summed E-state index contributed by atoms with van der Waals surface area (Å²) < 4.78 is 5.96. The predicted molar refractivity (Wildman–Crippen MR) is 125 cm³/mol. The second-order valence-electron chi connectivity index (χ2n) is 8.87. The van der Waals surface area contributed by atoms with Gasteiger partial charge in [0.15, 0.2) is 5.58 Å². The van der Waals surface area contributed by atoms with Crippen molar-refractivity contribution < 1.29 is 19.1 Å². The summed E-state index contributed by atoms with van der Waals surface area (Å²) in [5.74, 6) is 0.254. The third-order valence-electron chi connectivity index (χ3n) is 6.43. The second-order valence-corrected chi connectivity index (χ2v) is 9.31. The maximum atomic E-state index is 13.2. The summed E-state index contributed by atoms with van der Waals surface area (Å²) in [5, 5.41) is 10.7. The summed E-state index contributed by atoms with van der Waals surface area (Å²) in [6, 6.07) is 11.0. The van der Waals surface area contributed by atoms with Crippen LogP contribution in [0, 0.1) is 0 Å². The highest BCUT2D eigenvalue weighted by molar-refractivity contribution is 6.31. The lowest BCUT2D eigenvalue weighted by Crippen LogP contribution is -2.53. The van der Waals surface area contributed by atoms with Gasteiger partial charge < -0.3 is 19.3 Å². The molecule has 8 heteroatoms. The zero-order chi connectivity index (χ0) is 23.2. The van der Waals surface area contributed by atoms with Gasteiger partial charge in [-0.2, -0.15) is 0 Å². The Morgan fingerprint density at radius 1 is 1.09 bits per heavy atom. The molecule has 0 spiro atoms. The van der Waals surface area contributed by atoms with Gasteiger partial charge in [-0.05, 0) is 55.2 Å². The second kappa shape index (κ2) is 8.47. The molecule has 1 N–H and O–H groups in total. The highest BCUT2D eigenvalue weighted by atomic mass is 35.5. The van der Waals surface area contributed by atoms with Crippen LogP contribution in [0.2, 0.25) is 5.02 Å². The molecule has 1 saturated carbocycles. The van der Waals surface area contributed by atoms with Gasteiger partial charge in [-0.1, -0.05) is 24.9 Å². The number of hydrogen-bond acceptors (Lipinski definition) is 5. The molecule has 1 aliphatic carbocycles. The summed E-state index contributed by atoms with van der Waals surface area (Å²) in [6.45, 7) is 3.89. The number of halogens is 1. The number of hydrogen-bond donors (Lipinski definition) is 1. The first-order chi connectivity index (χ1) is 15.9. The smallest absolute Gasteiger partial charge is 0.254 e. The molecule has 172 valence electrons. The molecule has 1 aromatic heterocycles. The van der Waals surface area contributed by atoms with Crippen molar-refractivity contribution in [3.63, 3.8) is 0 Å². The van der Waals surface area contributed by atoms with Crippen LogP contribution in [0.3, 0.4) is 0 Å². The largest absolute Gasteiger partial charge is 0.436 e. The third kappa shape index (κ3) is 4.23. The Kier molecular flexibility index (Phi) is 5.62. The van der Waals surface area contributed by atoms with Crippen molar-refractivity contribution in [1.82, 2.24) is 14.8 Å². The molecule has 5 rings (SSSR count). The van der Waals surface area contributed by atoms with Crippen molar-refractivity contribution in [2.24, 2.45) is 0 Å². The highest BCUT2D eigenvalue weighted by Crippen LogP contribution is 2.37. The van der Waals surface area contributed by atoms with Gasteiger partial charge in [0.05, 0.1) is 0 Å². The Balaban J connectivity index is 1.35. The molecular weight excluding hydrogens is 442 g/mol. The van der Waals surface area contributed by atoms with E-state index in [0.717, 1.165) is 29.5 Å². The molecule has 2 aromatic carbocycles. The molecule has 1 saturated heterocycles. The summed E-state index contributed by atoms with van der Waals surface area (Å²) in [4.78, 5) is 33.6. The normalized spacial score (nSPS) is 17.4. The zero-order valence-electron chi connectivity index (χ0n) is 18.5. The first kappa shape index (κ1) is 21.9. The van der Waals surface area contributed by atoms with Gasteiger partial charge in [0, 0.05) is 48.4 Å². The van der Waals surface area contributed by atoms with E-state index >= 15 is 0 Å². The van der Waals surface area contributed by atoms with Crippen LogP contribution < -0.4 is 0 Å². The number of nitrogens with zero attached hydrogens (tertiary/aromatic N) is 3. The number of carbonyl (C=O) groups is 2. The van der Waals surface area contributed by atoms with Crippen molar-refractivity contribution >= 4 is 34.5 Å². The lowest BCUT2D eigenvalue weighted by molar-refractivity contribution is -0.143. The lowest BCUT2D eigenvalue weighted by Gasteiger charge is -2.35. The number of aromatic nitrogens is 1. The number of carbonyl (C=O) groups excluding carboxylic acids is 2. The fourth-order valence-corrected chi connectivity index (χ4v) is 4.51. The standard InChI is InChI=1S/C25H26ClN3O4/c1-2-3-16-14-17(4-6-19(16)22-27-20-7-5-18(26)15-21(20)33-22)23(30)28-10-12-29(13-11-28)24(31)25(32)8-9-25/h4-7,14-15,32H,2-3,8-13H2,1H3. The van der Waals surface area contributed by atoms with Gasteiger partial charge in [-0.3, -0.25) is 9.59 Å². The lowest BCUT2D eigenvalue weighted by atomic mass is 9.99. The van der Waals surface area contributed by atoms with Gasteiger partial charge in [-0.25, -0.2) is 4.98 Å². The van der Waals surface area contributed by atoms with Crippen molar-refractivity contribution in [3.8, 4) is 11.5 Å². The third-order valence-corrected chi connectivity index (χ3v) is 6.66. The maximum absolute atomic E-state index is 13.2. The minimum Gasteiger partial charge on any atom is -0.436 e. The van der Waals surface area contributed by atoms with Crippen molar-refractivity contribution in [3.05, 3.63) is 52.5 Å². The zero-order valence-corrected chi connectivity index (χ0v) is 19.3. The van der Waals surface area contributed by atoms with Gasteiger partial charge in [-0.15, -0.1) is 0 Å². The molecule has 0 atom stereocenters. The fraction of sp³-hybridized carbons (Fsp3) is 0.400. The molecule has 2 aliphatic rings. The summed E-state index contributed by atoms with van der Waals surface area (Å²) in [6.07, 6.45) is 2.77. The number of amides is 2. The van der Waals surface area contributed by atoms with Gasteiger partial charge >= 0.3 is 0 Å². The van der Waals surface area contributed by atoms with Crippen LogP contribution in [0.25, 0.3) is 22.6 Å². The number of oxazole rings is 1. The monoisotopic (exact) mass is 467 g/mol. The van der Waals surface area contributed by atoms with E-state index < -0.39 is 5.60 Å². The Morgan fingerprint density at radius 2 is 1.82 bits per heavy atom. The van der Waals surface area contributed by atoms with E-state index in [0.29, 0.717) is 61.1 Å². The molecule has 1 aliphatic heterocycles. The Hall–Kier alpha value is -2.90. The Labute approximate surface area is 196 Å². The fourth-order valence-electron chi connectivity index (χ4n) is 4.35. The highest BCUT2D eigenvalue weighted by Gasteiger charge is 2.50. The molecule has 2 heterocycles. The van der Waals surface area contributed by atoms with E-state index in [1.165, 1.54) is 0 Å². The quantitative estimate of drug-likeness (QED) is 0.614. The van der Waals surface area contributed by atoms with Crippen molar-refractivity contribution in [1.29, 1.82) is 0 Å². The van der Waals surface area contributed by atoms with Crippen LogP contribution in [0.5, 0.6) is 0 Å². The van der Waals surface area contributed by atoms with Crippen LogP contribution in [0.4, 0.5) is 0 Å². The molecule has 7 nitrogen and oxygen atoms in total. The average Bonchev–Trinajstić information content (AvgIpc) is 3.44. The molecule has 3 aromatic rings. The van der Waals surface area contributed by atoms with Crippen LogP contribution in [-0.4, -0.2) is 63.5 Å². The molecule has 0 bridgehead atoms. The minimum atomic E-state index is -1.16. The van der Waals surface area contributed by atoms with E-state index in [1.807, 2.05) is 24.3 Å². The molecule has 2 amide bonds. The van der Waals surface area contributed by atoms with Gasteiger partial charge in [0.1, 0.15) is 11.1 Å². The molecule has 0 unspecified atom stereocenters. The number of fused-ring (bicyclic) bond motifs is 1. The first-order valence-corrected chi connectivity index (χ1v) is 11.8. The van der Waals surface area contributed by atoms with Gasteiger partial charge in [0.25, 0.3) is 11.8 Å². The average molecular weight is 468 g/mol. The summed E-state index contributed by atoms with van der Waals surface area (Å²) in [5.41, 5.74) is 2.69. The van der Waals surface area contributed by atoms with Crippen molar-refractivity contribution in [2.45, 2.75) is 38.2 Å². The molecule has 33 heavy (non-hydrogen) atoms. The number of piperazine rings is 1. The maximum Gasteiger partial charge on any atom is 0.254 e. The first-order valence-electron chi connectivity index (χ1n) is 11.4. The Morgan fingerprint density at radius 3 is 2.52 bits per heavy atom. The number of aryl methyl sites for hydroxylation is 1. The van der Waals surface area contributed by atoms with Crippen LogP contribution in [0.1, 0.15) is 42.1 Å². The number of aliphatic hydroxyl groups is 1. The SMILES string of the molecule is CCCc1cc(C(=O)N2CCN(C(=O)C3(O)CC3)CC2)ccc1-c1nc2ccc(Cl)cc2o1. The van der Waals surface area contributed by atoms with E-state index in [9.17, 15) is 14.7 Å². The van der Waals surface area contributed by atoms with Crippen LogP contribution >= 0.6 is 11.6 Å². The van der Waals surface area contributed by atoms with Crippen molar-refractivity contribution in [2.75, 3.05) is 26.2 Å². The van der Waals surface area contributed by atoms with E-state index in [1.54, 1.807) is 21.9 Å². The topological polar surface area (TPSA) is 86.9 Å².